The summed E-state index contributed by atoms with van der Waals surface area (Å²) in [6.45, 7) is 6.55. The van der Waals surface area contributed by atoms with Gasteiger partial charge in [-0.15, -0.1) is 11.3 Å². The summed E-state index contributed by atoms with van der Waals surface area (Å²) in [4.78, 5) is 11.3. The minimum absolute atomic E-state index is 0. The SMILES string of the molecule is C[Si](C)(C)c1ccc[cH-]c1=O.[Pt]. The van der Waals surface area contributed by atoms with Crippen molar-refractivity contribution in [1.82, 2.24) is 0 Å². The molecule has 0 heterocycles. The molecule has 3 heteroatoms. The first-order chi connectivity index (χ1) is 5.02. The van der Waals surface area contributed by atoms with Crippen LogP contribution in [0.2, 0.25) is 19.6 Å². The third-order valence-electron chi connectivity index (χ3n) is 1.70. The summed E-state index contributed by atoms with van der Waals surface area (Å²) < 4.78 is 0. The summed E-state index contributed by atoms with van der Waals surface area (Å²) in [7, 11) is -1.39. The van der Waals surface area contributed by atoms with Crippen molar-refractivity contribution in [2.24, 2.45) is 0 Å². The second kappa shape index (κ2) is 4.24. The van der Waals surface area contributed by atoms with Crippen LogP contribution in [0.5, 0.6) is 0 Å². The average molecular weight is 360 g/mol. The van der Waals surface area contributed by atoms with Gasteiger partial charge in [0, 0.05) is 29.1 Å². The van der Waals surface area contributed by atoms with Crippen LogP contribution in [0.25, 0.3) is 0 Å². The molecular weight excluding hydrogens is 347 g/mol. The van der Waals surface area contributed by atoms with Gasteiger partial charge in [-0.1, -0.05) is 19.6 Å². The van der Waals surface area contributed by atoms with Crippen molar-refractivity contribution >= 4 is 13.3 Å². The molecule has 0 atom stereocenters. The molecule has 0 fully saturated rings. The van der Waals surface area contributed by atoms with Gasteiger partial charge in [-0.2, -0.15) is 18.2 Å². The van der Waals surface area contributed by atoms with Crippen molar-refractivity contribution in [3.05, 3.63) is 34.5 Å². The van der Waals surface area contributed by atoms with Gasteiger partial charge in [-0.05, 0) is 0 Å². The quantitative estimate of drug-likeness (QED) is 0.545. The van der Waals surface area contributed by atoms with E-state index in [1.165, 1.54) is 0 Å². The minimum Gasteiger partial charge on any atom is -0.319 e. The Bertz CT molecular complexity index is 298. The van der Waals surface area contributed by atoms with Gasteiger partial charge in [0.05, 0.1) is 5.43 Å². The maximum absolute atomic E-state index is 11.3. The molecule has 0 aliphatic carbocycles. The van der Waals surface area contributed by atoms with Gasteiger partial charge in [0.2, 0.25) is 0 Å². The molecule has 0 saturated heterocycles. The van der Waals surface area contributed by atoms with Gasteiger partial charge in [0.25, 0.3) is 0 Å². The standard InChI is InChI=1S/C9H13OSi.Pt/c1-11(2,3)9-7-5-4-6-8(9)10;/h4-7H,1-3H3;/q-1;. The van der Waals surface area contributed by atoms with E-state index in [2.05, 4.69) is 19.6 Å². The Labute approximate surface area is 88.5 Å². The second-order valence-electron chi connectivity index (χ2n) is 3.75. The summed E-state index contributed by atoms with van der Waals surface area (Å²) in [5, 5.41) is 1.03. The van der Waals surface area contributed by atoms with E-state index < -0.39 is 8.07 Å². The predicted octanol–water partition coefficient (Wildman–Crippen LogP) is 1.31. The van der Waals surface area contributed by atoms with E-state index in [0.29, 0.717) is 0 Å². The fourth-order valence-corrected chi connectivity index (χ4v) is 2.51. The molecule has 0 saturated carbocycles. The molecule has 0 aliphatic rings. The summed E-state index contributed by atoms with van der Waals surface area (Å²) in [5.41, 5.74) is 0.201. The molecule has 1 nitrogen and oxygen atoms in total. The molecule has 0 aromatic heterocycles. The van der Waals surface area contributed by atoms with E-state index in [1.807, 2.05) is 12.1 Å². The van der Waals surface area contributed by atoms with Crippen LogP contribution in [-0.2, 0) is 21.1 Å². The van der Waals surface area contributed by atoms with E-state index in [0.717, 1.165) is 5.19 Å². The zero-order valence-electron chi connectivity index (χ0n) is 7.53. The molecule has 1 aromatic carbocycles. The molecule has 1 aromatic rings. The van der Waals surface area contributed by atoms with Gasteiger partial charge < -0.3 is 4.79 Å². The second-order valence-corrected chi connectivity index (χ2v) is 8.78. The van der Waals surface area contributed by atoms with E-state index in [-0.39, 0.29) is 26.5 Å². The molecule has 0 N–H and O–H groups in total. The molecule has 0 unspecified atom stereocenters. The zero-order valence-corrected chi connectivity index (χ0v) is 10.8. The Kier molecular flexibility index (Phi) is 4.22. The van der Waals surface area contributed by atoms with Crippen molar-refractivity contribution in [1.29, 1.82) is 0 Å². The molecular formula is C9H13OPtSi-. The zero-order chi connectivity index (χ0) is 8.48. The molecule has 70 valence electrons. The van der Waals surface area contributed by atoms with Gasteiger partial charge in [0.1, 0.15) is 0 Å². The van der Waals surface area contributed by atoms with Gasteiger partial charge >= 0.3 is 0 Å². The Balaban J connectivity index is 0.00000121. The topological polar surface area (TPSA) is 17.1 Å². The monoisotopic (exact) mass is 360 g/mol. The Morgan fingerprint density at radius 1 is 1.33 bits per heavy atom. The minimum atomic E-state index is -1.39. The summed E-state index contributed by atoms with van der Waals surface area (Å²) in [5.74, 6) is 0. The summed E-state index contributed by atoms with van der Waals surface area (Å²) in [6.07, 6.45) is 0. The summed E-state index contributed by atoms with van der Waals surface area (Å²) >= 11 is 0. The van der Waals surface area contributed by atoms with Crippen molar-refractivity contribution in [2.75, 3.05) is 0 Å². The molecule has 12 heavy (non-hydrogen) atoms. The molecule has 0 bridgehead atoms. The van der Waals surface area contributed by atoms with Crippen LogP contribution in [0.4, 0.5) is 0 Å². The third-order valence-corrected chi connectivity index (χ3v) is 3.72. The number of para-hydroxylation sites is 1. The van der Waals surface area contributed by atoms with Crippen LogP contribution < -0.4 is 10.6 Å². The molecule has 0 amide bonds. The van der Waals surface area contributed by atoms with Crippen LogP contribution in [0.1, 0.15) is 0 Å². The number of benzene rings is 1. The number of hydrogen-bond donors (Lipinski definition) is 0. The van der Waals surface area contributed by atoms with Gasteiger partial charge in [0.15, 0.2) is 0 Å². The Morgan fingerprint density at radius 3 is 2.25 bits per heavy atom. The fraction of sp³-hybridized carbons (Fsp3) is 0.333. The van der Waals surface area contributed by atoms with Crippen LogP contribution in [0.15, 0.2) is 29.1 Å². The maximum atomic E-state index is 11.3. The molecule has 0 aliphatic heterocycles. The molecule has 1 rings (SSSR count). The first-order valence-corrected chi connectivity index (χ1v) is 7.28. The molecule has 0 radical (unpaired) electrons. The largest absolute Gasteiger partial charge is 0.319 e. The van der Waals surface area contributed by atoms with E-state index in [4.69, 9.17) is 0 Å². The third kappa shape index (κ3) is 2.76. The van der Waals surface area contributed by atoms with Crippen molar-refractivity contribution in [3.63, 3.8) is 0 Å². The van der Waals surface area contributed by atoms with E-state index >= 15 is 0 Å². The van der Waals surface area contributed by atoms with Crippen molar-refractivity contribution in [3.8, 4) is 0 Å². The van der Waals surface area contributed by atoms with Crippen LogP contribution >= 0.6 is 0 Å². The average Bonchev–Trinajstić information content (AvgIpc) is 1.86. The molecule has 0 spiro atoms. The van der Waals surface area contributed by atoms with Crippen LogP contribution in [0, 0.1) is 0 Å². The predicted molar refractivity (Wildman–Crippen MR) is 51.3 cm³/mol. The van der Waals surface area contributed by atoms with Crippen molar-refractivity contribution in [2.45, 2.75) is 19.6 Å². The first kappa shape index (κ1) is 11.9. The maximum Gasteiger partial charge on any atom is 0.0729 e. The van der Waals surface area contributed by atoms with Crippen LogP contribution in [0.3, 0.4) is 0 Å². The van der Waals surface area contributed by atoms with E-state index in [9.17, 15) is 4.79 Å². The fourth-order valence-electron chi connectivity index (χ4n) is 1.09. The smallest absolute Gasteiger partial charge is 0.0729 e. The van der Waals surface area contributed by atoms with Crippen molar-refractivity contribution < 1.29 is 21.1 Å². The number of hydrogen-bond acceptors (Lipinski definition) is 1. The van der Waals surface area contributed by atoms with Gasteiger partial charge in [-0.25, -0.2) is 0 Å². The Hall–Kier alpha value is -0.0748. The summed E-state index contributed by atoms with van der Waals surface area (Å²) in [6, 6.07) is 7.34. The normalized spacial score (nSPS) is 10.6. The van der Waals surface area contributed by atoms with E-state index in [1.54, 1.807) is 12.1 Å². The van der Waals surface area contributed by atoms with Gasteiger partial charge in [-0.3, -0.25) is 0 Å². The van der Waals surface area contributed by atoms with Crippen LogP contribution in [-0.4, -0.2) is 8.07 Å². The Morgan fingerprint density at radius 2 is 1.92 bits per heavy atom. The number of rotatable bonds is 1. The first-order valence-electron chi connectivity index (χ1n) is 3.78.